The van der Waals surface area contributed by atoms with Crippen LogP contribution in [0.25, 0.3) is 0 Å². The minimum atomic E-state index is 0.559. The molecule has 2 aliphatic heterocycles. The summed E-state index contributed by atoms with van der Waals surface area (Å²) in [6.45, 7) is 2.61. The van der Waals surface area contributed by atoms with Crippen molar-refractivity contribution in [2.45, 2.75) is 6.92 Å². The number of fused-ring (bicyclic) bond motifs is 1. The highest BCUT2D eigenvalue weighted by Crippen LogP contribution is 2.15. The molecule has 11 heavy (non-hydrogen) atoms. The van der Waals surface area contributed by atoms with Gasteiger partial charge in [0.1, 0.15) is 13.0 Å². The molecule has 0 radical (unpaired) electrons. The number of hydrazine groups is 1. The minimum Gasteiger partial charge on any atom is -0.286 e. The third kappa shape index (κ3) is 0.824. The van der Waals surface area contributed by atoms with Crippen LogP contribution in [0.5, 0.6) is 0 Å². The van der Waals surface area contributed by atoms with E-state index in [4.69, 9.17) is 0 Å². The van der Waals surface area contributed by atoms with Gasteiger partial charge < -0.3 is 0 Å². The van der Waals surface area contributed by atoms with Crippen LogP contribution in [0.15, 0.2) is 21.8 Å². The van der Waals surface area contributed by atoms with Gasteiger partial charge in [0.15, 0.2) is 5.84 Å². The molecule has 2 aliphatic rings. The zero-order valence-corrected chi connectivity index (χ0v) is 6.65. The Morgan fingerprint density at radius 3 is 3.09 bits per heavy atom. The Labute approximate surface area is 65.5 Å². The average Bonchev–Trinajstić information content (AvgIpc) is 2.30. The van der Waals surface area contributed by atoms with Crippen LogP contribution in [-0.4, -0.2) is 35.9 Å². The molecule has 0 atom stereocenters. The van der Waals surface area contributed by atoms with Gasteiger partial charge in [-0.3, -0.25) is 5.01 Å². The molecule has 0 aromatic heterocycles. The van der Waals surface area contributed by atoms with Crippen molar-refractivity contribution in [2.24, 2.45) is 9.98 Å². The van der Waals surface area contributed by atoms with Crippen LogP contribution in [-0.2, 0) is 0 Å². The molecule has 0 unspecified atom stereocenters. The van der Waals surface area contributed by atoms with Gasteiger partial charge in [0.2, 0.25) is 0 Å². The van der Waals surface area contributed by atoms with E-state index in [9.17, 15) is 0 Å². The van der Waals surface area contributed by atoms with Gasteiger partial charge in [0, 0.05) is 18.8 Å². The Kier molecular flexibility index (Phi) is 1.21. The van der Waals surface area contributed by atoms with Gasteiger partial charge in [0.05, 0.1) is 0 Å². The highest BCUT2D eigenvalue weighted by Gasteiger charge is 2.21. The molecule has 0 fully saturated rings. The van der Waals surface area contributed by atoms with Crippen molar-refractivity contribution in [1.82, 2.24) is 10.0 Å². The maximum absolute atomic E-state index is 4.22. The fourth-order valence-electron chi connectivity index (χ4n) is 1.15. The van der Waals surface area contributed by atoms with E-state index in [-0.39, 0.29) is 0 Å². The smallest absolute Gasteiger partial charge is 0.152 e. The van der Waals surface area contributed by atoms with E-state index in [0.717, 1.165) is 5.84 Å². The Bertz CT molecular complexity index is 264. The maximum atomic E-state index is 4.22. The Balaban J connectivity index is 2.34. The SMILES string of the molecule is CC1=CC2=NCN=CN2N1C. The lowest BCUT2D eigenvalue weighted by atomic mass is 10.4. The van der Waals surface area contributed by atoms with Crippen LogP contribution in [0.4, 0.5) is 0 Å². The number of nitrogens with zero attached hydrogens (tertiary/aromatic N) is 4. The number of rotatable bonds is 0. The summed E-state index contributed by atoms with van der Waals surface area (Å²) in [7, 11) is 1.99. The Morgan fingerprint density at radius 2 is 2.36 bits per heavy atom. The molecule has 0 aliphatic carbocycles. The van der Waals surface area contributed by atoms with Crippen molar-refractivity contribution in [3.05, 3.63) is 11.8 Å². The number of hydrogen-bond acceptors (Lipinski definition) is 4. The second-order valence-electron chi connectivity index (χ2n) is 2.61. The van der Waals surface area contributed by atoms with E-state index in [1.54, 1.807) is 6.34 Å². The molecule has 0 spiro atoms. The summed E-state index contributed by atoms with van der Waals surface area (Å²) in [5, 5.41) is 3.94. The molecule has 4 heteroatoms. The fourth-order valence-corrected chi connectivity index (χ4v) is 1.15. The molecule has 2 rings (SSSR count). The van der Waals surface area contributed by atoms with Gasteiger partial charge >= 0.3 is 0 Å². The van der Waals surface area contributed by atoms with Gasteiger partial charge in [-0.25, -0.2) is 15.0 Å². The zero-order chi connectivity index (χ0) is 7.84. The highest BCUT2D eigenvalue weighted by molar-refractivity contribution is 6.02. The molecule has 0 N–H and O–H groups in total. The number of amidine groups is 1. The second kappa shape index (κ2) is 2.08. The molecule has 0 bridgehead atoms. The van der Waals surface area contributed by atoms with Crippen LogP contribution >= 0.6 is 0 Å². The van der Waals surface area contributed by atoms with Gasteiger partial charge in [-0.15, -0.1) is 0 Å². The van der Waals surface area contributed by atoms with E-state index < -0.39 is 0 Å². The lowest BCUT2D eigenvalue weighted by Crippen LogP contribution is -2.37. The molecule has 0 saturated heterocycles. The molecule has 0 aromatic carbocycles. The van der Waals surface area contributed by atoms with Crippen molar-refractivity contribution < 1.29 is 0 Å². The number of aliphatic imine (C=N–C) groups is 2. The van der Waals surface area contributed by atoms with Crippen molar-refractivity contribution in [2.75, 3.05) is 13.7 Å². The third-order valence-corrected chi connectivity index (χ3v) is 1.91. The summed E-state index contributed by atoms with van der Waals surface area (Å²) >= 11 is 0. The van der Waals surface area contributed by atoms with Crippen molar-refractivity contribution in [1.29, 1.82) is 0 Å². The largest absolute Gasteiger partial charge is 0.286 e. The first-order chi connectivity index (χ1) is 5.29. The first-order valence-electron chi connectivity index (χ1n) is 3.54. The highest BCUT2D eigenvalue weighted by atomic mass is 15.7. The van der Waals surface area contributed by atoms with Gasteiger partial charge in [-0.2, -0.15) is 0 Å². The Hall–Kier alpha value is -1.32. The first kappa shape index (κ1) is 6.39. The predicted octanol–water partition coefficient (Wildman–Crippen LogP) is 0.451. The molecular weight excluding hydrogens is 140 g/mol. The summed E-state index contributed by atoms with van der Waals surface area (Å²) in [6.07, 6.45) is 3.85. The lowest BCUT2D eigenvalue weighted by Gasteiger charge is -2.26. The molecule has 0 aromatic rings. The average molecular weight is 150 g/mol. The van der Waals surface area contributed by atoms with Crippen molar-refractivity contribution in [3.63, 3.8) is 0 Å². The standard InChI is InChI=1S/C7H10N4/c1-6-3-7-9-4-8-5-11(7)10(6)2/h3,5H,4H2,1-2H3. The van der Waals surface area contributed by atoms with Crippen LogP contribution in [0, 0.1) is 0 Å². The maximum Gasteiger partial charge on any atom is 0.152 e. The summed E-state index contributed by atoms with van der Waals surface area (Å²) in [5.74, 6) is 0.986. The van der Waals surface area contributed by atoms with E-state index >= 15 is 0 Å². The third-order valence-electron chi connectivity index (χ3n) is 1.91. The summed E-state index contributed by atoms with van der Waals surface area (Å²) in [5.41, 5.74) is 1.19. The second-order valence-corrected chi connectivity index (χ2v) is 2.61. The van der Waals surface area contributed by atoms with Gasteiger partial charge in [0.25, 0.3) is 0 Å². The summed E-state index contributed by atoms with van der Waals surface area (Å²) < 4.78 is 0. The van der Waals surface area contributed by atoms with Gasteiger partial charge in [-0.1, -0.05) is 0 Å². The Morgan fingerprint density at radius 1 is 1.55 bits per heavy atom. The van der Waals surface area contributed by atoms with Gasteiger partial charge in [-0.05, 0) is 6.92 Å². The van der Waals surface area contributed by atoms with E-state index in [1.807, 2.05) is 23.1 Å². The summed E-state index contributed by atoms with van der Waals surface area (Å²) in [4.78, 5) is 8.26. The first-order valence-corrected chi connectivity index (χ1v) is 3.54. The van der Waals surface area contributed by atoms with Crippen LogP contribution < -0.4 is 0 Å². The summed E-state index contributed by atoms with van der Waals surface area (Å²) in [6, 6.07) is 0. The van der Waals surface area contributed by atoms with Crippen LogP contribution in [0.3, 0.4) is 0 Å². The van der Waals surface area contributed by atoms with Crippen LogP contribution in [0.2, 0.25) is 0 Å². The zero-order valence-electron chi connectivity index (χ0n) is 6.65. The molecule has 4 nitrogen and oxygen atoms in total. The normalized spacial score (nSPS) is 21.6. The molecular formula is C7H10N4. The predicted molar refractivity (Wildman–Crippen MR) is 44.2 cm³/mol. The van der Waals surface area contributed by atoms with Crippen LogP contribution in [0.1, 0.15) is 6.92 Å². The minimum absolute atomic E-state index is 0.559. The molecule has 0 saturated carbocycles. The number of hydrogen-bond donors (Lipinski definition) is 0. The van der Waals surface area contributed by atoms with Crippen molar-refractivity contribution >= 4 is 12.2 Å². The number of allylic oxidation sites excluding steroid dienone is 1. The molecule has 2 heterocycles. The van der Waals surface area contributed by atoms with E-state index in [0.29, 0.717) is 6.67 Å². The molecule has 58 valence electrons. The lowest BCUT2D eigenvalue weighted by molar-refractivity contribution is 0.229. The monoisotopic (exact) mass is 150 g/mol. The fraction of sp³-hybridized carbons (Fsp3) is 0.429. The van der Waals surface area contributed by atoms with Crippen molar-refractivity contribution in [3.8, 4) is 0 Å². The van der Waals surface area contributed by atoms with E-state index in [1.165, 1.54) is 5.70 Å². The quantitative estimate of drug-likeness (QED) is 0.502. The topological polar surface area (TPSA) is 31.2 Å². The molecule has 0 amide bonds. The van der Waals surface area contributed by atoms with E-state index in [2.05, 4.69) is 16.9 Å².